The van der Waals surface area contributed by atoms with E-state index in [9.17, 15) is 106 Å². The Labute approximate surface area is 454 Å². The van der Waals surface area contributed by atoms with Crippen molar-refractivity contribution in [2.45, 2.75) is 217 Å². The molecule has 6 saturated heterocycles. The van der Waals surface area contributed by atoms with Crippen LogP contribution in [-0.2, 0) is 71.2 Å². The minimum absolute atomic E-state index is 0.787. The van der Waals surface area contributed by atoms with Gasteiger partial charge in [0.05, 0.1) is 57.9 Å². The summed E-state index contributed by atoms with van der Waals surface area (Å²) in [4.78, 5) is 37.8. The predicted octanol–water partition coefficient (Wildman–Crippen LogP) is -12.9. The summed E-state index contributed by atoms with van der Waals surface area (Å²) in [7, 11) is 1.15. The number of rotatable bonds is 22. The number of amides is 2. The average Bonchev–Trinajstić information content (AvgIpc) is 3.51. The van der Waals surface area contributed by atoms with Crippen molar-refractivity contribution in [3.63, 3.8) is 0 Å². The number of hydrogen-bond donors (Lipinski definition) is 20. The monoisotopic (exact) mass is 1170 g/mol. The van der Waals surface area contributed by atoms with Crippen LogP contribution in [0.2, 0.25) is 0 Å². The second-order valence-electron chi connectivity index (χ2n) is 20.2. The standard InChI is InChI=1S/C45H76N2O33/c1-12-24(57)28(61)36(19(9-51)71-12)77-42-32(65)30(63)37(78-41-31(64)29(62)34(69-4)18(8-50)74-41)21(75-42)11-70-40-23(47-14(3)54)27(60)35(20(10-52)73-40)76-43-33(66)39(26(59)17(7-49)72-43)80-45(44(67)68)5-15(55)22(46-13(2)53)38(79-45)25(58)16(56)6-48/h12,15-43,48-52,55-66H,5-11H2,1-4H3,(H,46,53)(H,47,54)(H,67,68)/t12-,15+,16?,17?,18?,19?,20?,21?,22+,23-,24+,25?,26-,27?,28?,29+,30+,31?,32?,33-,34+,35+,36+,37-,38?,39?,40+,41+,42-,43-,45-/m0/s1. The van der Waals surface area contributed by atoms with E-state index in [0.717, 1.165) is 21.0 Å². The molecule has 0 spiro atoms. The summed E-state index contributed by atoms with van der Waals surface area (Å²) in [6.45, 7) is -2.46. The third-order valence-electron chi connectivity index (χ3n) is 14.7. The number of aliphatic carboxylic acids is 1. The molecule has 35 nitrogen and oxygen atoms in total. The molecule has 6 aliphatic rings. The van der Waals surface area contributed by atoms with Gasteiger partial charge in [0.15, 0.2) is 25.2 Å². The molecule has 0 aromatic rings. The van der Waals surface area contributed by atoms with Gasteiger partial charge in [-0.3, -0.25) is 9.59 Å². The molecule has 80 heavy (non-hydrogen) atoms. The van der Waals surface area contributed by atoms with Gasteiger partial charge in [-0.05, 0) is 6.92 Å². The SMILES string of the molecule is CO[C@@H]1C(CO)O[C@H](O[C@H]2C(CO[C@@H]3OC(CO)[C@@H](O[C@@H]4OC(CO)[C@H](O)C(O[C@]5(C(=O)O)C[C@@H](O)[C@@H](NC(C)=O)C(C(O)C(O)CO)O5)[C@@H]4O)C(O)[C@@H]3NC(C)=O)O[C@@H](O[C@@H]3C(CO)O[C@@H](C)[C@@H](O)C3O)C(O)[C@H]2O)C(O)[C@H]1O. The molecule has 464 valence electrons. The molecule has 6 aliphatic heterocycles. The van der Waals surface area contributed by atoms with Crippen molar-refractivity contribution >= 4 is 17.8 Å². The van der Waals surface area contributed by atoms with Gasteiger partial charge in [-0.1, -0.05) is 0 Å². The van der Waals surface area contributed by atoms with Gasteiger partial charge in [0, 0.05) is 27.4 Å². The van der Waals surface area contributed by atoms with Crippen LogP contribution in [0.25, 0.3) is 0 Å². The van der Waals surface area contributed by atoms with Gasteiger partial charge in [0.1, 0.15) is 140 Å². The normalized spacial score (nSPS) is 47.2. The number of carboxylic acids is 1. The number of carbonyl (C=O) groups is 3. The van der Waals surface area contributed by atoms with Gasteiger partial charge in [-0.15, -0.1) is 0 Å². The minimum atomic E-state index is -3.19. The zero-order chi connectivity index (χ0) is 59.4. The van der Waals surface area contributed by atoms with Gasteiger partial charge < -0.3 is 159 Å². The van der Waals surface area contributed by atoms with E-state index < -0.39 is 253 Å². The summed E-state index contributed by atoms with van der Waals surface area (Å²) in [5.74, 6) is -6.95. The van der Waals surface area contributed by atoms with Crippen LogP contribution < -0.4 is 10.6 Å². The van der Waals surface area contributed by atoms with E-state index in [0.29, 0.717) is 0 Å². The first-order valence-corrected chi connectivity index (χ1v) is 25.5. The van der Waals surface area contributed by atoms with Crippen molar-refractivity contribution in [1.29, 1.82) is 0 Å². The largest absolute Gasteiger partial charge is 0.477 e. The highest BCUT2D eigenvalue weighted by Gasteiger charge is 2.61. The van der Waals surface area contributed by atoms with Gasteiger partial charge in [0.25, 0.3) is 5.79 Å². The summed E-state index contributed by atoms with van der Waals surface area (Å²) in [5, 5.41) is 200. The maximum atomic E-state index is 13.0. The summed E-state index contributed by atoms with van der Waals surface area (Å²) < 4.78 is 68.9. The molecular weight excluding hydrogens is 1100 g/mol. The Kier molecular flexibility index (Phi) is 23.6. The Morgan fingerprint density at radius 3 is 1.52 bits per heavy atom. The maximum Gasteiger partial charge on any atom is 0.364 e. The molecule has 6 heterocycles. The van der Waals surface area contributed by atoms with Gasteiger partial charge in [0.2, 0.25) is 11.8 Å². The zero-order valence-corrected chi connectivity index (χ0v) is 43.4. The lowest BCUT2D eigenvalue weighted by Gasteiger charge is -2.51. The van der Waals surface area contributed by atoms with Crippen LogP contribution in [0.5, 0.6) is 0 Å². The summed E-state index contributed by atoms with van der Waals surface area (Å²) in [6, 6.07) is -3.45. The highest BCUT2D eigenvalue weighted by molar-refractivity contribution is 5.76. The molecule has 0 radical (unpaired) electrons. The molecule has 0 aromatic carbocycles. The molecule has 31 atom stereocenters. The van der Waals surface area contributed by atoms with Crippen molar-refractivity contribution < 1.29 is 163 Å². The molecule has 6 fully saturated rings. The number of aliphatic hydroxyl groups excluding tert-OH is 17. The van der Waals surface area contributed by atoms with E-state index >= 15 is 0 Å². The second-order valence-corrected chi connectivity index (χ2v) is 20.2. The highest BCUT2D eigenvalue weighted by Crippen LogP contribution is 2.40. The van der Waals surface area contributed by atoms with Gasteiger partial charge >= 0.3 is 5.97 Å². The van der Waals surface area contributed by atoms with Crippen molar-refractivity contribution in [2.75, 3.05) is 46.8 Å². The summed E-state index contributed by atoms with van der Waals surface area (Å²) >= 11 is 0. The number of ether oxygens (including phenoxy) is 12. The van der Waals surface area contributed by atoms with Crippen LogP contribution in [-0.4, -0.2) is 346 Å². The number of hydrogen-bond acceptors (Lipinski definition) is 32. The smallest absolute Gasteiger partial charge is 0.364 e. The van der Waals surface area contributed by atoms with Crippen LogP contribution >= 0.6 is 0 Å². The third-order valence-corrected chi connectivity index (χ3v) is 14.7. The van der Waals surface area contributed by atoms with E-state index in [2.05, 4.69) is 10.6 Å². The van der Waals surface area contributed by atoms with E-state index in [-0.39, 0.29) is 0 Å². The number of methoxy groups -OCH3 is 1. The van der Waals surface area contributed by atoms with Crippen molar-refractivity contribution in [2.24, 2.45) is 0 Å². The molecule has 6 rings (SSSR count). The summed E-state index contributed by atoms with van der Waals surface area (Å²) in [6.07, 6.45) is -53.9. The topological polar surface area (TPSA) is 550 Å². The lowest BCUT2D eigenvalue weighted by molar-refractivity contribution is -0.386. The number of nitrogens with one attached hydrogen (secondary N) is 2. The minimum Gasteiger partial charge on any atom is -0.477 e. The maximum absolute atomic E-state index is 13.0. The molecule has 0 aromatic heterocycles. The van der Waals surface area contributed by atoms with Crippen molar-refractivity contribution in [1.82, 2.24) is 10.6 Å². The fourth-order valence-corrected chi connectivity index (χ4v) is 10.4. The van der Waals surface area contributed by atoms with Crippen LogP contribution in [0.1, 0.15) is 27.2 Å². The average molecular weight is 1170 g/mol. The van der Waals surface area contributed by atoms with Crippen molar-refractivity contribution in [3.05, 3.63) is 0 Å². The van der Waals surface area contributed by atoms with Crippen molar-refractivity contribution in [3.8, 4) is 0 Å². The Balaban J connectivity index is 1.26. The highest BCUT2D eigenvalue weighted by atomic mass is 16.8. The predicted molar refractivity (Wildman–Crippen MR) is 248 cm³/mol. The lowest BCUT2D eigenvalue weighted by Crippen LogP contribution is -2.71. The molecule has 20 N–H and O–H groups in total. The van der Waals surface area contributed by atoms with Gasteiger partial charge in [-0.2, -0.15) is 0 Å². The van der Waals surface area contributed by atoms with Crippen LogP contribution in [0.3, 0.4) is 0 Å². The first-order chi connectivity index (χ1) is 37.7. The molecule has 35 heteroatoms. The van der Waals surface area contributed by atoms with E-state index in [1.807, 2.05) is 0 Å². The first kappa shape index (κ1) is 66.4. The van der Waals surface area contributed by atoms with Crippen LogP contribution in [0.15, 0.2) is 0 Å². The van der Waals surface area contributed by atoms with E-state index in [4.69, 9.17) is 56.8 Å². The fraction of sp³-hybridized carbons (Fsp3) is 0.933. The molecule has 0 aliphatic carbocycles. The first-order valence-electron chi connectivity index (χ1n) is 25.5. The molecule has 0 saturated carbocycles. The van der Waals surface area contributed by atoms with Crippen LogP contribution in [0, 0.1) is 0 Å². The molecular formula is C45H76N2O33. The second kappa shape index (κ2) is 28.4. The summed E-state index contributed by atoms with van der Waals surface area (Å²) in [5.41, 5.74) is 0. The molecule has 2 amide bonds. The molecule has 0 bridgehead atoms. The number of carboxylic acid groups (broad SMARTS) is 1. The molecule has 13 unspecified atom stereocenters. The fourth-order valence-electron chi connectivity index (χ4n) is 10.4. The Morgan fingerprint density at radius 1 is 0.550 bits per heavy atom. The van der Waals surface area contributed by atoms with Crippen LogP contribution in [0.4, 0.5) is 0 Å². The lowest BCUT2D eigenvalue weighted by atomic mass is 9.88. The van der Waals surface area contributed by atoms with E-state index in [1.54, 1.807) is 0 Å². The Bertz CT molecular complexity index is 1980. The Morgan fingerprint density at radius 2 is 1.00 bits per heavy atom. The van der Waals surface area contributed by atoms with E-state index in [1.165, 1.54) is 6.92 Å². The Hall–Kier alpha value is -2.75. The van der Waals surface area contributed by atoms with Gasteiger partial charge in [-0.25, -0.2) is 4.79 Å². The third kappa shape index (κ3) is 14.1. The zero-order valence-electron chi connectivity index (χ0n) is 43.4. The quantitative estimate of drug-likeness (QED) is 0.0479. The number of aliphatic hydroxyl groups is 17. The number of carbonyl (C=O) groups excluding carboxylic acids is 2.